The molecule has 12 heteroatoms. The third kappa shape index (κ3) is 40.3. The summed E-state index contributed by atoms with van der Waals surface area (Å²) in [6.07, 6.45) is 55.0. The van der Waals surface area contributed by atoms with Gasteiger partial charge in [0.1, 0.15) is 18.8 Å². The van der Waals surface area contributed by atoms with Crippen LogP contribution in [0.1, 0.15) is 213 Å². The molecule has 1 rings (SSSR count). The number of aliphatic hydroxyl groups excluding tert-OH is 2. The first-order valence-corrected chi connectivity index (χ1v) is 28.9. The molecule has 0 amide bonds. The monoisotopic (exact) mass is 1050 g/mol. The van der Waals surface area contributed by atoms with Gasteiger partial charge in [-0.25, -0.2) is 4.79 Å². The van der Waals surface area contributed by atoms with Crippen molar-refractivity contribution in [2.75, 3.05) is 13.2 Å². The number of carbonyl (C=O) groups excluding carboxylic acids is 3. The van der Waals surface area contributed by atoms with Crippen LogP contribution in [0.15, 0.2) is 109 Å². The number of ether oxygens (including phenoxy) is 5. The Morgan fingerprint density at radius 2 is 0.880 bits per heavy atom. The molecule has 1 aliphatic rings. The maximum absolute atomic E-state index is 13.1. The molecule has 0 bridgehead atoms. The van der Waals surface area contributed by atoms with Crippen LogP contribution in [0.2, 0.25) is 0 Å². The average Bonchev–Trinajstić information content (AvgIpc) is 3.39. The number of unbranched alkanes of at least 4 members (excludes halogenated alkanes) is 15. The van der Waals surface area contributed by atoms with Gasteiger partial charge in [0.25, 0.3) is 0 Å². The second-order valence-electron chi connectivity index (χ2n) is 19.2. The van der Waals surface area contributed by atoms with Gasteiger partial charge in [0.2, 0.25) is 0 Å². The van der Waals surface area contributed by atoms with Crippen LogP contribution in [0, 0.1) is 0 Å². The van der Waals surface area contributed by atoms with E-state index in [9.17, 15) is 34.5 Å². The molecular weight excluding hydrogens is 949 g/mol. The van der Waals surface area contributed by atoms with Gasteiger partial charge in [0.15, 0.2) is 24.6 Å². The van der Waals surface area contributed by atoms with E-state index < -0.39 is 67.3 Å². The van der Waals surface area contributed by atoms with Crippen molar-refractivity contribution in [3.8, 4) is 0 Å². The Bertz CT molecular complexity index is 1720. The van der Waals surface area contributed by atoms with Gasteiger partial charge in [-0.05, 0) is 109 Å². The van der Waals surface area contributed by atoms with Crippen molar-refractivity contribution in [2.24, 2.45) is 0 Å². The van der Waals surface area contributed by atoms with E-state index in [0.717, 1.165) is 122 Å². The van der Waals surface area contributed by atoms with Crippen LogP contribution in [0.4, 0.5) is 0 Å². The fourth-order valence-corrected chi connectivity index (χ4v) is 7.87. The molecule has 1 heterocycles. The quantitative estimate of drug-likeness (QED) is 0.0228. The number of aliphatic carboxylic acids is 1. The second-order valence-corrected chi connectivity index (χ2v) is 19.2. The van der Waals surface area contributed by atoms with E-state index >= 15 is 0 Å². The molecule has 0 radical (unpaired) electrons. The van der Waals surface area contributed by atoms with Crippen molar-refractivity contribution in [3.05, 3.63) is 109 Å². The predicted molar refractivity (Wildman–Crippen MR) is 303 cm³/mol. The van der Waals surface area contributed by atoms with Crippen LogP contribution in [0.3, 0.4) is 0 Å². The molecule has 1 aliphatic heterocycles. The zero-order valence-corrected chi connectivity index (χ0v) is 46.5. The van der Waals surface area contributed by atoms with Crippen molar-refractivity contribution in [1.82, 2.24) is 0 Å². The highest BCUT2D eigenvalue weighted by atomic mass is 16.7. The summed E-state index contributed by atoms with van der Waals surface area (Å²) in [6.45, 7) is 5.71. The molecule has 0 spiro atoms. The average molecular weight is 1050 g/mol. The zero-order chi connectivity index (χ0) is 54.7. The number of allylic oxidation sites excluding steroid dienone is 18. The number of aliphatic hydroxyl groups is 2. The number of esters is 3. The summed E-state index contributed by atoms with van der Waals surface area (Å²) >= 11 is 0. The molecule has 1 fully saturated rings. The minimum absolute atomic E-state index is 0.0315. The largest absolute Gasteiger partial charge is 0.479 e. The lowest BCUT2D eigenvalue weighted by atomic mass is 9.98. The molecule has 3 N–H and O–H groups in total. The number of hydrogen-bond acceptors (Lipinski definition) is 11. The third-order valence-electron chi connectivity index (χ3n) is 12.3. The molecule has 12 nitrogen and oxygen atoms in total. The highest BCUT2D eigenvalue weighted by molar-refractivity contribution is 5.74. The minimum Gasteiger partial charge on any atom is -0.479 e. The van der Waals surface area contributed by atoms with Crippen LogP contribution in [0.25, 0.3) is 0 Å². The van der Waals surface area contributed by atoms with E-state index in [0.29, 0.717) is 19.3 Å². The summed E-state index contributed by atoms with van der Waals surface area (Å²) in [5.74, 6) is -3.28. The van der Waals surface area contributed by atoms with Gasteiger partial charge in [0, 0.05) is 19.3 Å². The lowest BCUT2D eigenvalue weighted by molar-refractivity contribution is -0.301. The maximum Gasteiger partial charge on any atom is 0.335 e. The van der Waals surface area contributed by atoms with Crippen LogP contribution < -0.4 is 0 Å². The van der Waals surface area contributed by atoms with Crippen LogP contribution in [-0.4, -0.2) is 89.2 Å². The third-order valence-corrected chi connectivity index (χ3v) is 12.3. The first-order valence-electron chi connectivity index (χ1n) is 28.9. The summed E-state index contributed by atoms with van der Waals surface area (Å²) in [6, 6.07) is 0. The normalized spacial score (nSPS) is 19.0. The first-order chi connectivity index (χ1) is 36.6. The van der Waals surface area contributed by atoms with E-state index in [4.69, 9.17) is 23.7 Å². The van der Waals surface area contributed by atoms with Gasteiger partial charge in [-0.3, -0.25) is 14.4 Å². The highest BCUT2D eigenvalue weighted by Crippen LogP contribution is 2.26. The molecule has 0 aromatic heterocycles. The number of rotatable bonds is 47. The van der Waals surface area contributed by atoms with Crippen molar-refractivity contribution < 1.29 is 58.2 Å². The first kappa shape index (κ1) is 68.4. The van der Waals surface area contributed by atoms with Gasteiger partial charge >= 0.3 is 23.9 Å². The number of carboxylic acids is 1. The molecule has 75 heavy (non-hydrogen) atoms. The van der Waals surface area contributed by atoms with Gasteiger partial charge in [0.05, 0.1) is 6.61 Å². The highest BCUT2D eigenvalue weighted by Gasteiger charge is 2.50. The Hall–Kier alpha value is -4.62. The Balaban J connectivity index is 2.75. The lowest BCUT2D eigenvalue weighted by Gasteiger charge is -2.40. The molecular formula is C63H100O12. The Kier molecular flexibility index (Phi) is 45.8. The minimum atomic E-state index is -1.92. The number of carboxylic acid groups (broad SMARTS) is 1. The molecule has 0 saturated carbocycles. The van der Waals surface area contributed by atoms with E-state index in [1.807, 2.05) is 12.2 Å². The standard InChI is InChI=1S/C63H100O12/c1-4-7-10-13-16-19-22-24-26-27-28-29-31-32-35-37-40-43-46-49-55(64)71-52-54(73-56(65)50-47-44-41-38-34-21-18-15-12-9-6-3)53-72-63-61(59(68)58(67)60(75-63)62(69)70)74-57(66)51-48-45-42-39-36-33-30-25-23-20-17-14-11-8-5-2/h7,10,15-20,24-26,28-30,32,35,40,43,54,58-61,63,67-68H,4-6,8-9,11-14,21-23,27,31,33-34,36-39,41-42,44-53H2,1-3H3,(H,69,70)/b10-7-,18-15-,19-16-,20-17-,26-24-,29-28-,30-25-,35-32-,43-40-. The van der Waals surface area contributed by atoms with Crippen LogP contribution in [-0.2, 0) is 42.9 Å². The van der Waals surface area contributed by atoms with Crippen molar-refractivity contribution in [1.29, 1.82) is 0 Å². The van der Waals surface area contributed by atoms with E-state index in [1.165, 1.54) is 32.1 Å². The molecule has 0 aromatic carbocycles. The van der Waals surface area contributed by atoms with Crippen molar-refractivity contribution in [3.63, 3.8) is 0 Å². The summed E-state index contributed by atoms with van der Waals surface area (Å²) in [5, 5.41) is 31.4. The second kappa shape index (κ2) is 50.2. The SMILES string of the molecule is CC/C=C\C/C=C\C/C=C\C/C=C\C/C=C\C/C=C\CCC(=O)OCC(COC1OC(C(=O)O)C(O)C(O)C1OC(=O)CCCCCCC/C=C\C/C=C\CCCCC)OC(=O)CCCCCCC/C=C\CCCC. The molecule has 424 valence electrons. The number of carbonyl (C=O) groups is 4. The van der Waals surface area contributed by atoms with E-state index in [-0.39, 0.29) is 25.9 Å². The summed E-state index contributed by atoms with van der Waals surface area (Å²) in [4.78, 5) is 51.0. The van der Waals surface area contributed by atoms with E-state index in [1.54, 1.807) is 0 Å². The van der Waals surface area contributed by atoms with Gasteiger partial charge < -0.3 is 39.0 Å². The Morgan fingerprint density at radius 1 is 0.453 bits per heavy atom. The smallest absolute Gasteiger partial charge is 0.335 e. The number of hydrogen-bond donors (Lipinski definition) is 3. The molecule has 1 saturated heterocycles. The maximum atomic E-state index is 13.1. The van der Waals surface area contributed by atoms with Crippen LogP contribution in [0.5, 0.6) is 0 Å². The predicted octanol–water partition coefficient (Wildman–Crippen LogP) is 14.7. The Labute approximate surface area is 453 Å². The molecule has 0 aromatic rings. The fourth-order valence-electron chi connectivity index (χ4n) is 7.87. The lowest BCUT2D eigenvalue weighted by Crippen LogP contribution is -2.61. The molecule has 0 aliphatic carbocycles. The van der Waals surface area contributed by atoms with Crippen molar-refractivity contribution >= 4 is 23.9 Å². The molecule has 6 atom stereocenters. The summed E-state index contributed by atoms with van der Waals surface area (Å²) in [5.41, 5.74) is 0. The van der Waals surface area contributed by atoms with Gasteiger partial charge in [-0.2, -0.15) is 0 Å². The fraction of sp³-hybridized carbons (Fsp3) is 0.651. The summed E-state index contributed by atoms with van der Waals surface area (Å²) in [7, 11) is 0. The topological polar surface area (TPSA) is 175 Å². The van der Waals surface area contributed by atoms with Crippen molar-refractivity contribution in [2.45, 2.75) is 250 Å². The van der Waals surface area contributed by atoms with Gasteiger partial charge in [-0.15, -0.1) is 0 Å². The van der Waals surface area contributed by atoms with E-state index in [2.05, 4.69) is 118 Å². The summed E-state index contributed by atoms with van der Waals surface area (Å²) < 4.78 is 28.3. The Morgan fingerprint density at radius 3 is 1.39 bits per heavy atom. The van der Waals surface area contributed by atoms with Crippen LogP contribution >= 0.6 is 0 Å². The molecule has 6 unspecified atom stereocenters. The van der Waals surface area contributed by atoms with Gasteiger partial charge in [-0.1, -0.05) is 194 Å². The zero-order valence-electron chi connectivity index (χ0n) is 46.5.